The van der Waals surface area contributed by atoms with Crippen molar-refractivity contribution < 1.29 is 38.1 Å². The lowest BCUT2D eigenvalue weighted by Gasteiger charge is -2.25. The second kappa shape index (κ2) is 22.8. The van der Waals surface area contributed by atoms with Crippen molar-refractivity contribution in [2.75, 3.05) is 58.0 Å². The molecule has 0 spiro atoms. The number of aromatic nitrogens is 2. The zero-order valence-electron chi connectivity index (χ0n) is 34.9. The van der Waals surface area contributed by atoms with E-state index >= 15 is 0 Å². The molecule has 0 saturated carbocycles. The Labute approximate surface area is 353 Å². The molecule has 61 heavy (non-hydrogen) atoms. The maximum absolute atomic E-state index is 13.6. The number of anilines is 1. The van der Waals surface area contributed by atoms with E-state index < -0.39 is 35.8 Å². The molecule has 18 nitrogen and oxygen atoms in total. The first-order chi connectivity index (χ1) is 29.5. The number of hydrogen-bond acceptors (Lipinski definition) is 10. The van der Waals surface area contributed by atoms with Crippen molar-refractivity contribution in [2.24, 2.45) is 16.8 Å². The second-order valence-corrected chi connectivity index (χ2v) is 14.7. The van der Waals surface area contributed by atoms with E-state index in [-0.39, 0.29) is 51.9 Å². The average molecular weight is 839 g/mol. The quantitative estimate of drug-likeness (QED) is 0.0200. The van der Waals surface area contributed by atoms with E-state index in [0.29, 0.717) is 37.7 Å². The number of azide groups is 1. The van der Waals surface area contributed by atoms with Crippen molar-refractivity contribution in [1.29, 1.82) is 0 Å². The van der Waals surface area contributed by atoms with Crippen LogP contribution in [0.1, 0.15) is 43.4 Å². The van der Waals surface area contributed by atoms with Crippen molar-refractivity contribution in [3.05, 3.63) is 88.1 Å². The van der Waals surface area contributed by atoms with Crippen molar-refractivity contribution in [3.8, 4) is 5.75 Å². The Bertz CT molecular complexity index is 2340. The van der Waals surface area contributed by atoms with E-state index in [1.165, 1.54) is 10.9 Å². The molecule has 0 aliphatic rings. The summed E-state index contributed by atoms with van der Waals surface area (Å²) in [6, 6.07) is 12.6. The van der Waals surface area contributed by atoms with Gasteiger partial charge >= 0.3 is 6.03 Å². The Kier molecular flexibility index (Phi) is 17.0. The first-order valence-electron chi connectivity index (χ1n) is 20.1. The van der Waals surface area contributed by atoms with Crippen LogP contribution >= 0.6 is 0 Å². The maximum atomic E-state index is 13.6. The molecule has 7 N–H and O–H groups in total. The number of primary amides is 1. The zero-order valence-corrected chi connectivity index (χ0v) is 34.9. The van der Waals surface area contributed by atoms with Crippen molar-refractivity contribution >= 4 is 62.0 Å². The monoisotopic (exact) mass is 838 g/mol. The topological polar surface area (TPSA) is 257 Å². The zero-order chi connectivity index (χ0) is 43.7. The molecule has 5 rings (SSSR count). The van der Waals surface area contributed by atoms with E-state index in [2.05, 4.69) is 55.1 Å². The molecule has 0 bridgehead atoms. The number of nitrogens with two attached hydrogens (primary N) is 1. The lowest BCUT2D eigenvalue weighted by atomic mass is 9.97. The number of aryl methyl sites for hydroxylation is 2. The fraction of sp³-hybridized carbons (Fsp3) is 0.419. The number of H-pyrrole nitrogens is 1. The molecule has 3 aromatic carbocycles. The van der Waals surface area contributed by atoms with Gasteiger partial charge < -0.3 is 50.9 Å². The first kappa shape index (κ1) is 45.6. The number of nitrogens with one attached hydrogen (secondary N) is 5. The number of rotatable bonds is 24. The normalized spacial score (nSPS) is 12.2. The predicted octanol–water partition coefficient (Wildman–Crippen LogP) is 5.44. The van der Waals surface area contributed by atoms with Crippen LogP contribution in [0, 0.1) is 19.8 Å². The number of hydrogen-bond donors (Lipinski definition) is 6. The van der Waals surface area contributed by atoms with Crippen LogP contribution in [0.5, 0.6) is 5.75 Å². The van der Waals surface area contributed by atoms with Gasteiger partial charge in [-0.05, 0) is 96.6 Å². The molecule has 0 radical (unpaired) electrons. The molecule has 0 saturated heterocycles. The lowest BCUT2D eigenvalue weighted by Crippen LogP contribution is -2.55. The Balaban J connectivity index is 1.14. The van der Waals surface area contributed by atoms with Crippen LogP contribution in [0.15, 0.2) is 66.0 Å². The number of benzene rings is 3. The summed E-state index contributed by atoms with van der Waals surface area (Å²) in [6.07, 6.45) is 4.24. The lowest BCUT2D eigenvalue weighted by molar-refractivity contribution is -0.134. The van der Waals surface area contributed by atoms with Gasteiger partial charge in [-0.1, -0.05) is 31.1 Å². The van der Waals surface area contributed by atoms with Gasteiger partial charge in [0.1, 0.15) is 31.0 Å². The van der Waals surface area contributed by atoms with Crippen LogP contribution in [-0.2, 0) is 35.2 Å². The van der Waals surface area contributed by atoms with Gasteiger partial charge in [-0.2, -0.15) is 0 Å². The van der Waals surface area contributed by atoms with Gasteiger partial charge in [0.05, 0.1) is 38.6 Å². The Hall–Kier alpha value is -6.46. The number of carbonyl (C=O) groups excluding carboxylic acids is 4. The third-order valence-electron chi connectivity index (χ3n) is 10.0. The largest absolute Gasteiger partial charge is 0.489 e. The second-order valence-electron chi connectivity index (χ2n) is 14.7. The Morgan fingerprint density at radius 2 is 1.62 bits per heavy atom. The van der Waals surface area contributed by atoms with Gasteiger partial charge in [-0.15, -0.1) is 0 Å². The average Bonchev–Trinajstić information content (AvgIpc) is 3.64. The summed E-state index contributed by atoms with van der Waals surface area (Å²) < 4.78 is 22.2. The predicted molar refractivity (Wildman–Crippen MR) is 232 cm³/mol. The molecule has 2 unspecified atom stereocenters. The molecular weight excluding hydrogens is 785 g/mol. The van der Waals surface area contributed by atoms with Crippen molar-refractivity contribution in [3.63, 3.8) is 0 Å². The highest BCUT2D eigenvalue weighted by atomic mass is 16.5. The van der Waals surface area contributed by atoms with Crippen LogP contribution < -0.4 is 31.7 Å². The first-order valence-corrected chi connectivity index (χ1v) is 20.1. The van der Waals surface area contributed by atoms with Crippen molar-refractivity contribution in [1.82, 2.24) is 25.9 Å². The number of urea groups is 1. The molecule has 2 aromatic heterocycles. The SMILES string of the molecule is Cc1c2ccncc2c(C)c2c1[nH]c1ccc(OCc3ccc(NC(=O)C(CCCNC(N)=O)NC(=O)C(NC(=O)COCCOCCOCCN=[N+]=[N-])C(C)C)cc3)cc12. The van der Waals surface area contributed by atoms with Gasteiger partial charge in [0.25, 0.3) is 0 Å². The van der Waals surface area contributed by atoms with Gasteiger partial charge in [-0.3, -0.25) is 19.4 Å². The number of amides is 5. The number of nitrogens with zero attached hydrogens (tertiary/aromatic N) is 4. The van der Waals surface area contributed by atoms with Crippen molar-refractivity contribution in [2.45, 2.75) is 59.2 Å². The highest BCUT2D eigenvalue weighted by Gasteiger charge is 2.29. The van der Waals surface area contributed by atoms with Crippen LogP contribution in [0.4, 0.5) is 10.5 Å². The fourth-order valence-electron chi connectivity index (χ4n) is 6.85. The smallest absolute Gasteiger partial charge is 0.312 e. The van der Waals surface area contributed by atoms with Crippen LogP contribution in [0.2, 0.25) is 0 Å². The molecule has 324 valence electrons. The molecule has 5 aromatic rings. The third kappa shape index (κ3) is 13.0. The highest BCUT2D eigenvalue weighted by molar-refractivity contribution is 6.16. The highest BCUT2D eigenvalue weighted by Crippen LogP contribution is 2.37. The van der Waals surface area contributed by atoms with Gasteiger partial charge in [0, 0.05) is 57.8 Å². The third-order valence-corrected chi connectivity index (χ3v) is 10.0. The Morgan fingerprint density at radius 3 is 2.34 bits per heavy atom. The summed E-state index contributed by atoms with van der Waals surface area (Å²) in [5.74, 6) is -1.15. The molecule has 2 atom stereocenters. The summed E-state index contributed by atoms with van der Waals surface area (Å²) in [6.45, 7) is 9.46. The van der Waals surface area contributed by atoms with E-state index in [4.69, 9.17) is 30.2 Å². The maximum Gasteiger partial charge on any atom is 0.312 e. The number of carbonyl (C=O) groups is 4. The standard InChI is InChI=1S/C43H54N10O8/c1-26(2)39(52-37(54)25-60-21-20-59-19-18-58-17-16-48-53-45)42(56)51-36(6-5-14-47-43(44)57)41(55)49-30-9-7-29(8-10-30)24-61-31-11-12-35-33(22-31)38-27(3)34-23-46-15-13-32(34)28(4)40(38)50-35/h7-13,15,22-23,26,36,39,50H,5-6,14,16-21,24-25H2,1-4H3,(H,49,55)(H,51,56)(H,52,54)(H3,44,47,57). The molecule has 5 amide bonds. The molecular formula is C43H54N10O8. The van der Waals surface area contributed by atoms with Crippen LogP contribution in [0.3, 0.4) is 0 Å². The summed E-state index contributed by atoms with van der Waals surface area (Å²) in [7, 11) is 0. The summed E-state index contributed by atoms with van der Waals surface area (Å²) in [5, 5.41) is 18.7. The van der Waals surface area contributed by atoms with E-state index in [9.17, 15) is 19.2 Å². The van der Waals surface area contributed by atoms with E-state index in [1.54, 1.807) is 26.0 Å². The van der Waals surface area contributed by atoms with E-state index in [1.807, 2.05) is 48.8 Å². The van der Waals surface area contributed by atoms with Gasteiger partial charge in [0.2, 0.25) is 17.7 Å². The van der Waals surface area contributed by atoms with Gasteiger partial charge in [-0.25, -0.2) is 4.79 Å². The summed E-state index contributed by atoms with van der Waals surface area (Å²) >= 11 is 0. The number of ether oxygens (including phenoxy) is 4. The number of pyridine rings is 1. The number of aromatic amines is 1. The van der Waals surface area contributed by atoms with Gasteiger partial charge in [0.15, 0.2) is 0 Å². The fourth-order valence-corrected chi connectivity index (χ4v) is 6.85. The molecule has 2 heterocycles. The molecule has 0 aliphatic heterocycles. The van der Waals surface area contributed by atoms with E-state index in [0.717, 1.165) is 38.3 Å². The summed E-state index contributed by atoms with van der Waals surface area (Å²) in [4.78, 5) is 61.6. The minimum atomic E-state index is -0.999. The summed E-state index contributed by atoms with van der Waals surface area (Å²) in [5.41, 5.74) is 19.3. The minimum absolute atomic E-state index is 0.137. The van der Waals surface area contributed by atoms with Crippen LogP contribution in [0.25, 0.3) is 43.0 Å². The minimum Gasteiger partial charge on any atom is -0.489 e. The molecule has 18 heteroatoms. The molecule has 0 aliphatic carbocycles. The number of fused-ring (bicyclic) bond motifs is 4. The molecule has 0 fully saturated rings. The Morgan fingerprint density at radius 1 is 0.885 bits per heavy atom. The van der Waals surface area contributed by atoms with Crippen LogP contribution in [-0.4, -0.2) is 98.5 Å².